The maximum absolute atomic E-state index is 13.9. The van der Waals surface area contributed by atoms with E-state index in [1.54, 1.807) is 0 Å². The Morgan fingerprint density at radius 1 is 1.19 bits per heavy atom. The van der Waals surface area contributed by atoms with Gasteiger partial charge in [0.25, 0.3) is 5.92 Å². The van der Waals surface area contributed by atoms with Crippen molar-refractivity contribution >= 4 is 5.97 Å². The lowest BCUT2D eigenvalue weighted by molar-refractivity contribution is 0.0246. The summed E-state index contributed by atoms with van der Waals surface area (Å²) in [5.41, 5.74) is 0.0151. The van der Waals surface area contributed by atoms with Gasteiger partial charge in [0.1, 0.15) is 17.1 Å². The van der Waals surface area contributed by atoms with Crippen molar-refractivity contribution in [1.82, 2.24) is 0 Å². The Hall–Kier alpha value is -2.41. The van der Waals surface area contributed by atoms with Crippen LogP contribution in [-0.4, -0.2) is 39.4 Å². The SMILES string of the molecule is CC1CC2C(/C=C\C=C\C(O)Cc3cc(O)cc(O)c3C(=O)O1)C2(F)F. The molecular weight excluding hydrogens is 346 g/mol. The molecule has 0 amide bonds. The smallest absolute Gasteiger partial charge is 0.342 e. The number of carbonyl (C=O) groups excluding carboxylic acids is 1. The fourth-order valence-corrected chi connectivity index (χ4v) is 3.37. The average Bonchev–Trinajstić information content (AvgIpc) is 3.01. The van der Waals surface area contributed by atoms with Gasteiger partial charge in [0.15, 0.2) is 0 Å². The summed E-state index contributed by atoms with van der Waals surface area (Å²) in [6.07, 6.45) is 3.82. The van der Waals surface area contributed by atoms with E-state index in [1.807, 2.05) is 0 Å². The van der Waals surface area contributed by atoms with Crippen LogP contribution < -0.4 is 0 Å². The number of fused-ring (bicyclic) bond motifs is 2. The van der Waals surface area contributed by atoms with Crippen LogP contribution in [0.25, 0.3) is 0 Å². The third-order valence-corrected chi connectivity index (χ3v) is 4.74. The molecule has 5 nitrogen and oxygen atoms in total. The minimum atomic E-state index is -2.85. The molecule has 0 saturated heterocycles. The molecule has 7 heteroatoms. The van der Waals surface area contributed by atoms with Crippen LogP contribution in [0, 0.1) is 11.8 Å². The molecule has 0 aromatic heterocycles. The zero-order chi connectivity index (χ0) is 19.1. The summed E-state index contributed by atoms with van der Waals surface area (Å²) in [5, 5.41) is 29.8. The number of aliphatic hydroxyl groups excluding tert-OH is 1. The molecule has 1 aliphatic heterocycles. The first-order valence-corrected chi connectivity index (χ1v) is 8.37. The number of aliphatic hydroxyl groups is 1. The Kier molecular flexibility index (Phi) is 4.75. The number of cyclic esters (lactones) is 1. The zero-order valence-electron chi connectivity index (χ0n) is 14.1. The fourth-order valence-electron chi connectivity index (χ4n) is 3.37. The lowest BCUT2D eigenvalue weighted by Crippen LogP contribution is -2.19. The van der Waals surface area contributed by atoms with Gasteiger partial charge in [-0.1, -0.05) is 24.3 Å². The minimum Gasteiger partial charge on any atom is -0.508 e. The molecule has 1 heterocycles. The van der Waals surface area contributed by atoms with E-state index in [0.717, 1.165) is 6.07 Å². The van der Waals surface area contributed by atoms with Crippen LogP contribution in [0.4, 0.5) is 8.78 Å². The average molecular weight is 366 g/mol. The number of phenols is 2. The molecule has 3 N–H and O–H groups in total. The van der Waals surface area contributed by atoms with Crippen molar-refractivity contribution in [3.05, 3.63) is 47.6 Å². The normalized spacial score (nSPS) is 33.2. The summed E-state index contributed by atoms with van der Waals surface area (Å²) in [6, 6.07) is 2.24. The van der Waals surface area contributed by atoms with Crippen molar-refractivity contribution in [1.29, 1.82) is 0 Å². The van der Waals surface area contributed by atoms with Gasteiger partial charge in [-0.15, -0.1) is 0 Å². The van der Waals surface area contributed by atoms with Crippen molar-refractivity contribution in [2.45, 2.75) is 37.9 Å². The van der Waals surface area contributed by atoms with Gasteiger partial charge < -0.3 is 20.1 Å². The summed E-state index contributed by atoms with van der Waals surface area (Å²) >= 11 is 0. The molecule has 1 aromatic rings. The number of benzene rings is 1. The third kappa shape index (κ3) is 3.58. The maximum atomic E-state index is 13.9. The number of alkyl halides is 2. The molecule has 1 saturated carbocycles. The van der Waals surface area contributed by atoms with E-state index >= 15 is 0 Å². The van der Waals surface area contributed by atoms with Gasteiger partial charge in [0.2, 0.25) is 0 Å². The van der Waals surface area contributed by atoms with Crippen LogP contribution in [0.15, 0.2) is 36.4 Å². The summed E-state index contributed by atoms with van der Waals surface area (Å²) < 4.78 is 32.9. The van der Waals surface area contributed by atoms with Gasteiger partial charge in [-0.2, -0.15) is 0 Å². The lowest BCUT2D eigenvalue weighted by Gasteiger charge is -2.17. The van der Waals surface area contributed by atoms with E-state index in [4.69, 9.17) is 4.74 Å². The highest BCUT2D eigenvalue weighted by Gasteiger charge is 2.66. The highest BCUT2D eigenvalue weighted by Crippen LogP contribution is 2.58. The predicted molar refractivity (Wildman–Crippen MR) is 89.2 cm³/mol. The molecule has 2 aliphatic rings. The van der Waals surface area contributed by atoms with Gasteiger partial charge in [-0.3, -0.25) is 0 Å². The van der Waals surface area contributed by atoms with E-state index in [9.17, 15) is 28.9 Å². The van der Waals surface area contributed by atoms with E-state index in [1.165, 1.54) is 37.3 Å². The summed E-state index contributed by atoms with van der Waals surface area (Å²) in [7, 11) is 0. The van der Waals surface area contributed by atoms with Crippen LogP contribution in [0.3, 0.4) is 0 Å². The molecule has 1 fully saturated rings. The number of halogens is 2. The molecule has 0 spiro atoms. The van der Waals surface area contributed by atoms with Crippen LogP contribution in [0.5, 0.6) is 11.5 Å². The molecular formula is C19H20F2O5. The van der Waals surface area contributed by atoms with Gasteiger partial charge >= 0.3 is 5.97 Å². The Balaban J connectivity index is 1.95. The summed E-state index contributed by atoms with van der Waals surface area (Å²) in [6.45, 7) is 1.52. The van der Waals surface area contributed by atoms with Crippen LogP contribution >= 0.6 is 0 Å². The largest absolute Gasteiger partial charge is 0.508 e. The van der Waals surface area contributed by atoms with E-state index in [2.05, 4.69) is 0 Å². The Morgan fingerprint density at radius 2 is 1.88 bits per heavy atom. The Morgan fingerprint density at radius 3 is 2.62 bits per heavy atom. The first kappa shape index (κ1) is 18.4. The molecule has 1 aliphatic carbocycles. The number of allylic oxidation sites excluding steroid dienone is 3. The number of phenolic OH excluding ortho intramolecular Hbond substituents is 2. The van der Waals surface area contributed by atoms with Crippen molar-refractivity contribution in [3.63, 3.8) is 0 Å². The van der Waals surface area contributed by atoms with Crippen molar-refractivity contribution in [2.24, 2.45) is 11.8 Å². The van der Waals surface area contributed by atoms with Crippen molar-refractivity contribution in [2.75, 3.05) is 0 Å². The highest BCUT2D eigenvalue weighted by molar-refractivity contribution is 5.94. The van der Waals surface area contributed by atoms with E-state index in [-0.39, 0.29) is 29.7 Å². The highest BCUT2D eigenvalue weighted by atomic mass is 19.3. The van der Waals surface area contributed by atoms with Gasteiger partial charge in [-0.25, -0.2) is 13.6 Å². The molecule has 4 unspecified atom stereocenters. The Bertz CT molecular complexity index is 771. The number of carbonyl (C=O) groups is 1. The quantitative estimate of drug-likeness (QED) is 0.615. The zero-order valence-corrected chi connectivity index (χ0v) is 14.1. The summed E-state index contributed by atoms with van der Waals surface area (Å²) in [5.74, 6) is -6.33. The molecule has 4 atom stereocenters. The second-order valence-electron chi connectivity index (χ2n) is 6.80. The molecule has 0 bridgehead atoms. The Labute approximate surface area is 149 Å². The summed E-state index contributed by atoms with van der Waals surface area (Å²) in [4.78, 5) is 12.4. The third-order valence-electron chi connectivity index (χ3n) is 4.74. The predicted octanol–water partition coefficient (Wildman–Crippen LogP) is 2.94. The molecule has 26 heavy (non-hydrogen) atoms. The molecule has 3 rings (SSSR count). The van der Waals surface area contributed by atoms with Crippen molar-refractivity contribution in [3.8, 4) is 11.5 Å². The standard InChI is InChI=1S/C19H20F2O5/c1-10-6-15-14(19(15,20)21)5-3-2-4-12(22)7-11-8-13(23)9-16(24)17(11)18(25)26-10/h2-5,8-10,12,14-15,22-24H,6-7H2,1H3/b4-2+,5-3-. The lowest BCUT2D eigenvalue weighted by atomic mass is 9.99. The van der Waals surface area contributed by atoms with E-state index in [0.29, 0.717) is 0 Å². The second kappa shape index (κ2) is 6.72. The first-order valence-electron chi connectivity index (χ1n) is 8.37. The molecule has 1 aromatic carbocycles. The van der Waals surface area contributed by atoms with Crippen LogP contribution in [-0.2, 0) is 11.2 Å². The van der Waals surface area contributed by atoms with E-state index < -0.39 is 41.7 Å². The number of aromatic hydroxyl groups is 2. The van der Waals surface area contributed by atoms with Gasteiger partial charge in [0, 0.05) is 18.4 Å². The molecule has 0 radical (unpaired) electrons. The van der Waals surface area contributed by atoms with Crippen LogP contribution in [0.1, 0.15) is 29.3 Å². The first-order chi connectivity index (χ1) is 12.2. The number of hydrogen-bond donors (Lipinski definition) is 3. The number of rotatable bonds is 0. The maximum Gasteiger partial charge on any atom is 0.342 e. The van der Waals surface area contributed by atoms with Crippen LogP contribution in [0.2, 0.25) is 0 Å². The van der Waals surface area contributed by atoms with Gasteiger partial charge in [0.05, 0.1) is 18.1 Å². The number of esters is 1. The fraction of sp³-hybridized carbons (Fsp3) is 0.421. The monoisotopic (exact) mass is 366 g/mol. The molecule has 140 valence electrons. The van der Waals surface area contributed by atoms with Crippen molar-refractivity contribution < 1.29 is 33.6 Å². The number of ether oxygens (including phenoxy) is 1. The minimum absolute atomic E-state index is 0.00569. The second-order valence-corrected chi connectivity index (χ2v) is 6.80. The number of hydrogen-bond acceptors (Lipinski definition) is 5. The van der Waals surface area contributed by atoms with Gasteiger partial charge in [-0.05, 0) is 25.0 Å². The topological polar surface area (TPSA) is 87.0 Å².